The van der Waals surface area contributed by atoms with E-state index in [-0.39, 0.29) is 5.88 Å². The molecule has 0 radical (unpaired) electrons. The number of nitriles is 1. The molecule has 0 spiro atoms. The van der Waals surface area contributed by atoms with Gasteiger partial charge in [-0.1, -0.05) is 35.9 Å². The zero-order valence-electron chi connectivity index (χ0n) is 12.1. The third-order valence-electron chi connectivity index (χ3n) is 3.62. The van der Waals surface area contributed by atoms with Crippen molar-refractivity contribution in [3.63, 3.8) is 0 Å². The Morgan fingerprint density at radius 1 is 1.36 bits per heavy atom. The van der Waals surface area contributed by atoms with Crippen LogP contribution in [0.1, 0.15) is 12.0 Å². The summed E-state index contributed by atoms with van der Waals surface area (Å²) in [4.78, 5) is 0. The Balaban J connectivity index is 2.05. The van der Waals surface area contributed by atoms with Gasteiger partial charge in [0.05, 0.1) is 23.5 Å². The average Bonchev–Trinajstić information content (AvgIpc) is 2.55. The van der Waals surface area contributed by atoms with E-state index in [1.165, 1.54) is 0 Å². The third-order valence-corrected chi connectivity index (χ3v) is 4.23. The van der Waals surface area contributed by atoms with Crippen molar-refractivity contribution in [2.24, 2.45) is 5.41 Å². The van der Waals surface area contributed by atoms with Gasteiger partial charge in [-0.2, -0.15) is 5.26 Å². The summed E-state index contributed by atoms with van der Waals surface area (Å²) in [5.74, 6) is 0.185. The van der Waals surface area contributed by atoms with E-state index in [9.17, 15) is 10.4 Å². The van der Waals surface area contributed by atoms with Crippen LogP contribution in [-0.4, -0.2) is 23.6 Å². The number of allylic oxidation sites excluding steroid dienone is 4. The molecule has 2 N–H and O–H groups in total. The summed E-state index contributed by atoms with van der Waals surface area (Å²) in [5, 5.41) is 23.0. The van der Waals surface area contributed by atoms with E-state index < -0.39 is 11.5 Å². The molecule has 1 aromatic carbocycles. The van der Waals surface area contributed by atoms with Gasteiger partial charge >= 0.3 is 0 Å². The van der Waals surface area contributed by atoms with E-state index in [1.54, 1.807) is 0 Å². The monoisotopic (exact) mass is 336 g/mol. The van der Waals surface area contributed by atoms with Crippen LogP contribution in [0.2, 0.25) is 5.02 Å². The van der Waals surface area contributed by atoms with Crippen molar-refractivity contribution in [1.82, 2.24) is 5.32 Å². The molecule has 2 rings (SSSR count). The van der Waals surface area contributed by atoms with Crippen LogP contribution in [0.4, 0.5) is 0 Å². The number of aliphatic hydroxyl groups is 1. The minimum absolute atomic E-state index is 0.185. The summed E-state index contributed by atoms with van der Waals surface area (Å²) in [6, 6.07) is 9.98. The fourth-order valence-corrected chi connectivity index (χ4v) is 2.67. The van der Waals surface area contributed by atoms with Gasteiger partial charge in [0.1, 0.15) is 0 Å². The van der Waals surface area contributed by atoms with E-state index in [0.29, 0.717) is 24.4 Å². The minimum Gasteiger partial charge on any atom is -0.390 e. The highest BCUT2D eigenvalue weighted by Gasteiger charge is 2.30. The molecule has 0 heterocycles. The molecule has 0 bridgehead atoms. The second-order valence-electron chi connectivity index (χ2n) is 5.49. The molecule has 22 heavy (non-hydrogen) atoms. The van der Waals surface area contributed by atoms with E-state index in [4.69, 9.17) is 23.2 Å². The number of halogens is 2. The molecule has 0 aliphatic heterocycles. The van der Waals surface area contributed by atoms with E-state index >= 15 is 0 Å². The number of benzene rings is 1. The van der Waals surface area contributed by atoms with Crippen molar-refractivity contribution < 1.29 is 5.11 Å². The van der Waals surface area contributed by atoms with Crippen LogP contribution in [0.5, 0.6) is 0 Å². The van der Waals surface area contributed by atoms with Gasteiger partial charge in [-0.05, 0) is 30.2 Å². The molecule has 116 valence electrons. The third kappa shape index (κ3) is 4.51. The molecule has 1 aliphatic rings. The maximum atomic E-state index is 9.65. The van der Waals surface area contributed by atoms with Crippen molar-refractivity contribution in [3.8, 4) is 6.07 Å². The van der Waals surface area contributed by atoms with Crippen LogP contribution < -0.4 is 5.32 Å². The molecule has 0 saturated carbocycles. The second-order valence-corrected chi connectivity index (χ2v) is 6.23. The Morgan fingerprint density at radius 2 is 2.09 bits per heavy atom. The lowest BCUT2D eigenvalue weighted by Crippen LogP contribution is -2.32. The Bertz CT molecular complexity index is 604. The molecule has 3 nitrogen and oxygen atoms in total. The molecule has 0 aromatic heterocycles. The number of hydrogen-bond acceptors (Lipinski definition) is 3. The van der Waals surface area contributed by atoms with Gasteiger partial charge in [0.25, 0.3) is 0 Å². The van der Waals surface area contributed by atoms with E-state index in [0.717, 1.165) is 11.3 Å². The highest BCUT2D eigenvalue weighted by molar-refractivity contribution is 6.30. The first kappa shape index (κ1) is 16.9. The van der Waals surface area contributed by atoms with Crippen LogP contribution in [-0.2, 0) is 6.42 Å². The molecular formula is C17H18Cl2N2O. The molecular weight excluding hydrogens is 319 g/mol. The van der Waals surface area contributed by atoms with Crippen LogP contribution in [0.3, 0.4) is 0 Å². The maximum absolute atomic E-state index is 9.65. The van der Waals surface area contributed by atoms with Gasteiger partial charge in [-0.25, -0.2) is 0 Å². The standard InChI is InChI=1S/C17H18Cl2N2O/c18-10-16(22)11-21-15-2-1-7-17(9-15,12-20)8-13-3-5-14(19)6-4-13/h1-7,16,21-22H,8-11H2/t16-,17?/m1/s1. The average molecular weight is 337 g/mol. The number of nitrogens with one attached hydrogen (secondary N) is 1. The molecule has 1 aliphatic carbocycles. The predicted molar refractivity (Wildman–Crippen MR) is 89.8 cm³/mol. The highest BCUT2D eigenvalue weighted by atomic mass is 35.5. The van der Waals surface area contributed by atoms with Crippen molar-refractivity contribution in [1.29, 1.82) is 5.26 Å². The van der Waals surface area contributed by atoms with Gasteiger partial charge < -0.3 is 10.4 Å². The lowest BCUT2D eigenvalue weighted by molar-refractivity contribution is 0.197. The molecule has 0 amide bonds. The highest BCUT2D eigenvalue weighted by Crippen LogP contribution is 2.34. The zero-order valence-corrected chi connectivity index (χ0v) is 13.6. The fourth-order valence-electron chi connectivity index (χ4n) is 2.44. The summed E-state index contributed by atoms with van der Waals surface area (Å²) < 4.78 is 0. The first-order valence-electron chi connectivity index (χ1n) is 7.09. The van der Waals surface area contributed by atoms with Crippen molar-refractivity contribution >= 4 is 23.2 Å². The summed E-state index contributed by atoms with van der Waals surface area (Å²) in [6.07, 6.45) is 6.36. The van der Waals surface area contributed by atoms with Gasteiger partial charge in [-0.3, -0.25) is 0 Å². The molecule has 1 aromatic rings. The fraction of sp³-hybridized carbons (Fsp3) is 0.353. The molecule has 2 atom stereocenters. The SMILES string of the molecule is N#CC1(Cc2ccc(Cl)cc2)C=CC=C(NC[C@H](O)CCl)C1. The molecule has 0 fully saturated rings. The van der Waals surface area contributed by atoms with E-state index in [2.05, 4.69) is 11.4 Å². The van der Waals surface area contributed by atoms with Crippen LogP contribution in [0.25, 0.3) is 0 Å². The van der Waals surface area contributed by atoms with Crippen LogP contribution >= 0.6 is 23.2 Å². The minimum atomic E-state index is -0.596. The summed E-state index contributed by atoms with van der Waals surface area (Å²) in [7, 11) is 0. The Kier molecular flexibility index (Phi) is 5.90. The summed E-state index contributed by atoms with van der Waals surface area (Å²) in [6.45, 7) is 0.381. The van der Waals surface area contributed by atoms with Gasteiger partial charge in [0, 0.05) is 23.7 Å². The zero-order chi connectivity index (χ0) is 16.0. The van der Waals surface area contributed by atoms with Crippen molar-refractivity contribution in [2.75, 3.05) is 12.4 Å². The Hall–Kier alpha value is -1.47. The number of alkyl halides is 1. The quantitative estimate of drug-likeness (QED) is 0.782. The molecule has 0 saturated heterocycles. The van der Waals surface area contributed by atoms with Gasteiger partial charge in [-0.15, -0.1) is 11.6 Å². The van der Waals surface area contributed by atoms with E-state index in [1.807, 2.05) is 42.5 Å². The number of nitrogens with zero attached hydrogens (tertiary/aromatic N) is 1. The first-order valence-corrected chi connectivity index (χ1v) is 8.00. The van der Waals surface area contributed by atoms with Crippen LogP contribution in [0, 0.1) is 16.7 Å². The summed E-state index contributed by atoms with van der Waals surface area (Å²) >= 11 is 11.5. The molecule has 1 unspecified atom stereocenters. The maximum Gasteiger partial charge on any atom is 0.0850 e. The second kappa shape index (κ2) is 7.69. The number of rotatable bonds is 6. The van der Waals surface area contributed by atoms with Gasteiger partial charge in [0.2, 0.25) is 0 Å². The number of aliphatic hydroxyl groups excluding tert-OH is 1. The lowest BCUT2D eigenvalue weighted by atomic mass is 9.76. The van der Waals surface area contributed by atoms with Crippen molar-refractivity contribution in [2.45, 2.75) is 18.9 Å². The molecule has 5 heteroatoms. The number of hydrogen-bond donors (Lipinski definition) is 2. The largest absolute Gasteiger partial charge is 0.390 e. The summed E-state index contributed by atoms with van der Waals surface area (Å²) in [5.41, 5.74) is 1.41. The normalized spacial score (nSPS) is 21.8. The smallest absolute Gasteiger partial charge is 0.0850 e. The lowest BCUT2D eigenvalue weighted by Gasteiger charge is -2.28. The van der Waals surface area contributed by atoms with Crippen LogP contribution in [0.15, 0.2) is 48.2 Å². The van der Waals surface area contributed by atoms with Gasteiger partial charge in [0.15, 0.2) is 0 Å². The first-order chi connectivity index (χ1) is 10.6. The predicted octanol–water partition coefficient (Wildman–Crippen LogP) is 3.43. The Morgan fingerprint density at radius 3 is 2.73 bits per heavy atom. The topological polar surface area (TPSA) is 56.0 Å². The van der Waals surface area contributed by atoms with Crippen molar-refractivity contribution in [3.05, 3.63) is 58.8 Å². The Labute approximate surface area is 140 Å².